The maximum absolute atomic E-state index is 13.4. The zero-order valence-corrected chi connectivity index (χ0v) is 9.84. The second-order valence-corrected chi connectivity index (χ2v) is 3.96. The molecule has 2 aromatic rings. The Morgan fingerprint density at radius 1 is 0.842 bits per heavy atom. The molecule has 0 saturated carbocycles. The highest BCUT2D eigenvalue weighted by Gasteiger charge is 2.17. The van der Waals surface area contributed by atoms with Gasteiger partial charge in [-0.25, -0.2) is 17.6 Å². The predicted octanol–water partition coefficient (Wildman–Crippen LogP) is 4.50. The lowest BCUT2D eigenvalue weighted by Crippen LogP contribution is -2.01. The quantitative estimate of drug-likeness (QED) is 0.567. The molecule has 0 nitrogen and oxygen atoms in total. The SMILES string of the molecule is Fc1cc(F)c(F)c(CC=Cc2ccccc2)c1F. The molecular formula is C15H10F4. The third-order valence-corrected chi connectivity index (χ3v) is 2.63. The van der Waals surface area contributed by atoms with E-state index in [0.29, 0.717) is 0 Å². The summed E-state index contributed by atoms with van der Waals surface area (Å²) in [5, 5.41) is 0. The first-order valence-electron chi connectivity index (χ1n) is 5.63. The van der Waals surface area contributed by atoms with E-state index in [-0.39, 0.29) is 12.5 Å². The topological polar surface area (TPSA) is 0 Å². The van der Waals surface area contributed by atoms with Gasteiger partial charge in [0.25, 0.3) is 0 Å². The molecule has 0 saturated heterocycles. The molecule has 4 heteroatoms. The second-order valence-electron chi connectivity index (χ2n) is 3.96. The largest absolute Gasteiger partial charge is 0.204 e. The predicted molar refractivity (Wildman–Crippen MR) is 65.5 cm³/mol. The smallest absolute Gasteiger partial charge is 0.165 e. The lowest BCUT2D eigenvalue weighted by Gasteiger charge is -2.04. The van der Waals surface area contributed by atoms with E-state index in [4.69, 9.17) is 0 Å². The van der Waals surface area contributed by atoms with E-state index in [0.717, 1.165) is 5.56 Å². The summed E-state index contributed by atoms with van der Waals surface area (Å²) in [4.78, 5) is 0. The fourth-order valence-electron chi connectivity index (χ4n) is 1.68. The lowest BCUT2D eigenvalue weighted by molar-refractivity contribution is 0.442. The molecule has 0 aliphatic rings. The number of rotatable bonds is 3. The van der Waals surface area contributed by atoms with Crippen molar-refractivity contribution in [3.8, 4) is 0 Å². The Labute approximate surface area is 108 Å². The first kappa shape index (κ1) is 13.3. The highest BCUT2D eigenvalue weighted by molar-refractivity contribution is 5.49. The van der Waals surface area contributed by atoms with Gasteiger partial charge < -0.3 is 0 Å². The first-order valence-corrected chi connectivity index (χ1v) is 5.63. The normalized spacial score (nSPS) is 11.2. The van der Waals surface area contributed by atoms with Gasteiger partial charge >= 0.3 is 0 Å². The zero-order valence-electron chi connectivity index (χ0n) is 9.84. The summed E-state index contributed by atoms with van der Waals surface area (Å²) >= 11 is 0. The highest BCUT2D eigenvalue weighted by Crippen LogP contribution is 2.20. The maximum atomic E-state index is 13.4. The molecule has 0 bridgehead atoms. The Hall–Kier alpha value is -2.10. The van der Waals surface area contributed by atoms with E-state index in [1.807, 2.05) is 18.2 Å². The van der Waals surface area contributed by atoms with Crippen molar-refractivity contribution in [2.24, 2.45) is 0 Å². The zero-order chi connectivity index (χ0) is 13.8. The molecule has 0 aliphatic carbocycles. The first-order chi connectivity index (χ1) is 9.09. The van der Waals surface area contributed by atoms with Crippen LogP contribution in [0.2, 0.25) is 0 Å². The van der Waals surface area contributed by atoms with Crippen LogP contribution in [0.4, 0.5) is 17.6 Å². The van der Waals surface area contributed by atoms with Crippen LogP contribution in [0.25, 0.3) is 6.08 Å². The number of hydrogen-bond acceptors (Lipinski definition) is 0. The molecule has 0 atom stereocenters. The minimum Gasteiger partial charge on any atom is -0.204 e. The molecule has 0 amide bonds. The number of halogens is 4. The molecule has 0 radical (unpaired) electrons. The van der Waals surface area contributed by atoms with Crippen LogP contribution in [0.3, 0.4) is 0 Å². The van der Waals surface area contributed by atoms with Gasteiger partial charge in [0.2, 0.25) is 0 Å². The average molecular weight is 266 g/mol. The van der Waals surface area contributed by atoms with Gasteiger partial charge in [-0.15, -0.1) is 0 Å². The number of allylic oxidation sites excluding steroid dienone is 1. The van der Waals surface area contributed by atoms with Gasteiger partial charge in [-0.2, -0.15) is 0 Å². The molecule has 0 aliphatic heterocycles. The summed E-state index contributed by atoms with van der Waals surface area (Å²) in [5.74, 6) is -5.47. The van der Waals surface area contributed by atoms with Crippen LogP contribution in [0.15, 0.2) is 42.5 Å². The third kappa shape index (κ3) is 3.02. The Balaban J connectivity index is 2.23. The van der Waals surface area contributed by atoms with Gasteiger partial charge in [-0.05, 0) is 12.0 Å². The number of benzene rings is 2. The fraction of sp³-hybridized carbons (Fsp3) is 0.0667. The summed E-state index contributed by atoms with van der Waals surface area (Å²) in [5.41, 5.74) is 0.227. The molecule has 0 heterocycles. The van der Waals surface area contributed by atoms with E-state index in [1.54, 1.807) is 18.2 Å². The third-order valence-electron chi connectivity index (χ3n) is 2.63. The van der Waals surface area contributed by atoms with Crippen molar-refractivity contribution in [3.05, 3.63) is 76.9 Å². The second kappa shape index (κ2) is 5.69. The molecule has 19 heavy (non-hydrogen) atoms. The average Bonchev–Trinajstić information content (AvgIpc) is 2.42. The Kier molecular flexibility index (Phi) is 4.00. The molecule has 0 N–H and O–H groups in total. The minimum atomic E-state index is -1.39. The van der Waals surface area contributed by atoms with Crippen LogP contribution < -0.4 is 0 Å². The van der Waals surface area contributed by atoms with E-state index >= 15 is 0 Å². The van der Waals surface area contributed by atoms with Crippen LogP contribution >= 0.6 is 0 Å². The summed E-state index contributed by atoms with van der Waals surface area (Å²) in [6.07, 6.45) is 2.86. The molecule has 0 fully saturated rings. The van der Waals surface area contributed by atoms with Crippen LogP contribution in [0.1, 0.15) is 11.1 Å². The highest BCUT2D eigenvalue weighted by atomic mass is 19.2. The van der Waals surface area contributed by atoms with Gasteiger partial charge in [0.15, 0.2) is 23.3 Å². The molecule has 0 aromatic heterocycles. The van der Waals surface area contributed by atoms with Gasteiger partial charge in [0.1, 0.15) is 0 Å². The summed E-state index contributed by atoms with van der Waals surface area (Å²) in [6, 6.07) is 9.25. The van der Waals surface area contributed by atoms with Gasteiger partial charge in [0, 0.05) is 11.6 Å². The summed E-state index contributed by atoms with van der Waals surface area (Å²) < 4.78 is 52.6. The van der Waals surface area contributed by atoms with Crippen LogP contribution in [0, 0.1) is 23.3 Å². The maximum Gasteiger partial charge on any atom is 0.165 e. The van der Waals surface area contributed by atoms with Crippen molar-refractivity contribution in [1.29, 1.82) is 0 Å². The van der Waals surface area contributed by atoms with Gasteiger partial charge in [-0.3, -0.25) is 0 Å². The molecule has 98 valence electrons. The molecule has 0 spiro atoms. The molecule has 0 unspecified atom stereocenters. The van der Waals surface area contributed by atoms with E-state index in [2.05, 4.69) is 0 Å². The molecular weight excluding hydrogens is 256 g/mol. The van der Waals surface area contributed by atoms with Crippen molar-refractivity contribution in [3.63, 3.8) is 0 Å². The van der Waals surface area contributed by atoms with E-state index in [1.165, 1.54) is 6.08 Å². The fourth-order valence-corrected chi connectivity index (χ4v) is 1.68. The summed E-state index contributed by atoms with van der Waals surface area (Å²) in [7, 11) is 0. The monoisotopic (exact) mass is 266 g/mol. The van der Waals surface area contributed by atoms with Gasteiger partial charge in [-0.1, -0.05) is 42.5 Å². The van der Waals surface area contributed by atoms with E-state index in [9.17, 15) is 17.6 Å². The Morgan fingerprint density at radius 2 is 1.42 bits per heavy atom. The standard InChI is InChI=1S/C15H10F4/c16-12-9-13(17)15(19)11(14(12)18)8-4-7-10-5-2-1-3-6-10/h1-7,9H,8H2. The van der Waals surface area contributed by atoms with Crippen LogP contribution in [-0.4, -0.2) is 0 Å². The van der Waals surface area contributed by atoms with Gasteiger partial charge in [0.05, 0.1) is 0 Å². The molecule has 2 aromatic carbocycles. The van der Waals surface area contributed by atoms with E-state index < -0.39 is 28.8 Å². The van der Waals surface area contributed by atoms with Crippen LogP contribution in [0.5, 0.6) is 0 Å². The van der Waals surface area contributed by atoms with Crippen molar-refractivity contribution in [2.45, 2.75) is 6.42 Å². The van der Waals surface area contributed by atoms with Crippen LogP contribution in [-0.2, 0) is 6.42 Å². The van der Waals surface area contributed by atoms with Crippen molar-refractivity contribution in [1.82, 2.24) is 0 Å². The minimum absolute atomic E-state index is 0.203. The molecule has 2 rings (SSSR count). The van der Waals surface area contributed by atoms with Crippen molar-refractivity contribution < 1.29 is 17.6 Å². The Morgan fingerprint density at radius 3 is 2.00 bits per heavy atom. The lowest BCUT2D eigenvalue weighted by atomic mass is 10.1. The Bertz CT molecular complexity index is 577. The summed E-state index contributed by atoms with van der Waals surface area (Å²) in [6.45, 7) is 0. The number of hydrogen-bond donors (Lipinski definition) is 0. The van der Waals surface area contributed by atoms with Crippen molar-refractivity contribution >= 4 is 6.08 Å². The van der Waals surface area contributed by atoms with Crippen molar-refractivity contribution in [2.75, 3.05) is 0 Å².